The summed E-state index contributed by atoms with van der Waals surface area (Å²) in [5.41, 5.74) is 9.22. The van der Waals surface area contributed by atoms with Crippen LogP contribution in [-0.2, 0) is 17.9 Å². The Hall–Kier alpha value is -2.60. The largest absolute Gasteiger partial charge is 0.478 e. The predicted molar refractivity (Wildman–Crippen MR) is 125 cm³/mol. The molecule has 7 heteroatoms. The lowest BCUT2D eigenvalue weighted by Crippen LogP contribution is -2.28. The molecule has 0 aliphatic rings. The highest BCUT2D eigenvalue weighted by atomic mass is 35.5. The zero-order chi connectivity index (χ0) is 21.1. The summed E-state index contributed by atoms with van der Waals surface area (Å²) in [6.07, 6.45) is 2.59. The standard InChI is InChI=1S/C23H23ClN2O3.ClH/c1-14(2)13-26-20(12-25)22(16-5-7-17(24)8-6-16)19-11-15(4-10-21(27)28)3-9-18(19)23(26)29;/h3-11,14H,12-13,25H2,1-2H3,(H,27,28);1H. The predicted octanol–water partition coefficient (Wildman–Crippen LogP) is 4.96. The summed E-state index contributed by atoms with van der Waals surface area (Å²) >= 11 is 6.07. The third kappa shape index (κ3) is 4.93. The second-order valence-corrected chi connectivity index (χ2v) is 7.76. The van der Waals surface area contributed by atoms with Crippen LogP contribution in [0, 0.1) is 5.92 Å². The van der Waals surface area contributed by atoms with Gasteiger partial charge in [0.1, 0.15) is 0 Å². The Balaban J connectivity index is 0.00000320. The molecule has 3 rings (SSSR count). The van der Waals surface area contributed by atoms with Crippen molar-refractivity contribution in [2.24, 2.45) is 11.7 Å². The first kappa shape index (κ1) is 23.7. The number of fused-ring (bicyclic) bond motifs is 1. The highest BCUT2D eigenvalue weighted by Crippen LogP contribution is 2.32. The van der Waals surface area contributed by atoms with E-state index in [1.165, 1.54) is 6.08 Å². The number of hydrogen-bond acceptors (Lipinski definition) is 3. The number of carboxylic acids is 1. The number of nitrogens with zero attached hydrogens (tertiary/aromatic N) is 1. The number of pyridine rings is 1. The van der Waals surface area contributed by atoms with Gasteiger partial charge >= 0.3 is 5.97 Å². The Morgan fingerprint density at radius 1 is 1.17 bits per heavy atom. The number of hydrogen-bond donors (Lipinski definition) is 2. The highest BCUT2D eigenvalue weighted by molar-refractivity contribution is 6.30. The van der Waals surface area contributed by atoms with Gasteiger partial charge in [-0.05, 0) is 52.8 Å². The van der Waals surface area contributed by atoms with Crippen molar-refractivity contribution in [3.63, 3.8) is 0 Å². The van der Waals surface area contributed by atoms with Crippen molar-refractivity contribution in [1.82, 2.24) is 4.57 Å². The Kier molecular flexibility index (Phi) is 7.84. The van der Waals surface area contributed by atoms with Gasteiger partial charge in [0.25, 0.3) is 5.56 Å². The number of halogens is 2. The number of aliphatic carboxylic acids is 1. The van der Waals surface area contributed by atoms with Crippen LogP contribution in [-0.4, -0.2) is 15.6 Å². The van der Waals surface area contributed by atoms with E-state index in [1.807, 2.05) is 18.2 Å². The SMILES string of the molecule is CC(C)Cn1c(CN)c(-c2ccc(Cl)cc2)c2cc(C=CC(=O)O)ccc2c1=O.Cl. The summed E-state index contributed by atoms with van der Waals surface area (Å²) in [5, 5.41) is 10.9. The molecule has 0 saturated heterocycles. The van der Waals surface area contributed by atoms with Crippen LogP contribution >= 0.6 is 24.0 Å². The first-order chi connectivity index (χ1) is 13.8. The molecule has 3 aromatic rings. The summed E-state index contributed by atoms with van der Waals surface area (Å²) in [6, 6.07) is 12.7. The van der Waals surface area contributed by atoms with Gasteiger partial charge in [-0.15, -0.1) is 12.4 Å². The molecule has 0 unspecified atom stereocenters. The number of carbonyl (C=O) groups is 1. The number of benzene rings is 2. The van der Waals surface area contributed by atoms with E-state index < -0.39 is 5.97 Å². The lowest BCUT2D eigenvalue weighted by molar-refractivity contribution is -0.131. The monoisotopic (exact) mass is 446 g/mol. The highest BCUT2D eigenvalue weighted by Gasteiger charge is 2.18. The molecule has 0 saturated carbocycles. The zero-order valence-corrected chi connectivity index (χ0v) is 18.3. The minimum absolute atomic E-state index is 0. The summed E-state index contributed by atoms with van der Waals surface area (Å²) in [5.74, 6) is -0.760. The van der Waals surface area contributed by atoms with Gasteiger partial charge in [0.15, 0.2) is 0 Å². The van der Waals surface area contributed by atoms with Crippen molar-refractivity contribution < 1.29 is 9.90 Å². The summed E-state index contributed by atoms with van der Waals surface area (Å²) < 4.78 is 1.75. The van der Waals surface area contributed by atoms with Crippen molar-refractivity contribution in [3.05, 3.63) is 75.2 Å². The van der Waals surface area contributed by atoms with Gasteiger partial charge in [-0.3, -0.25) is 4.79 Å². The fraction of sp³-hybridized carbons (Fsp3) is 0.217. The van der Waals surface area contributed by atoms with E-state index in [9.17, 15) is 9.59 Å². The Labute approximate surface area is 186 Å². The van der Waals surface area contributed by atoms with E-state index in [1.54, 1.807) is 28.8 Å². The maximum absolute atomic E-state index is 13.2. The summed E-state index contributed by atoms with van der Waals surface area (Å²) in [7, 11) is 0. The van der Waals surface area contributed by atoms with Gasteiger partial charge in [-0.1, -0.05) is 43.6 Å². The lowest BCUT2D eigenvalue weighted by Gasteiger charge is -2.21. The van der Waals surface area contributed by atoms with E-state index in [0.717, 1.165) is 28.3 Å². The fourth-order valence-electron chi connectivity index (χ4n) is 3.49. The Morgan fingerprint density at radius 3 is 2.40 bits per heavy atom. The molecule has 3 N–H and O–H groups in total. The van der Waals surface area contributed by atoms with Gasteiger partial charge < -0.3 is 15.4 Å². The molecule has 1 aromatic heterocycles. The average molecular weight is 447 g/mol. The molecular formula is C23H24Cl2N2O3. The van der Waals surface area contributed by atoms with Crippen LogP contribution in [0.15, 0.2) is 53.3 Å². The Morgan fingerprint density at radius 2 is 1.83 bits per heavy atom. The molecule has 0 bridgehead atoms. The van der Waals surface area contributed by atoms with Crippen LogP contribution in [0.2, 0.25) is 5.02 Å². The summed E-state index contributed by atoms with van der Waals surface area (Å²) in [4.78, 5) is 24.1. The van der Waals surface area contributed by atoms with Crippen molar-refractivity contribution in [2.45, 2.75) is 26.9 Å². The first-order valence-corrected chi connectivity index (χ1v) is 9.76. The molecule has 1 heterocycles. The number of aromatic nitrogens is 1. The van der Waals surface area contributed by atoms with Gasteiger partial charge in [0, 0.05) is 40.8 Å². The molecule has 0 spiro atoms. The lowest BCUT2D eigenvalue weighted by atomic mass is 9.95. The second-order valence-electron chi connectivity index (χ2n) is 7.32. The molecular weight excluding hydrogens is 423 g/mol. The second kappa shape index (κ2) is 9.94. The molecule has 2 aromatic carbocycles. The molecule has 0 radical (unpaired) electrons. The maximum atomic E-state index is 13.2. The molecule has 158 valence electrons. The van der Waals surface area contributed by atoms with E-state index in [2.05, 4.69) is 13.8 Å². The van der Waals surface area contributed by atoms with Gasteiger partial charge in [-0.25, -0.2) is 4.79 Å². The van der Waals surface area contributed by atoms with E-state index in [-0.39, 0.29) is 30.4 Å². The van der Waals surface area contributed by atoms with Crippen LogP contribution in [0.4, 0.5) is 0 Å². The maximum Gasteiger partial charge on any atom is 0.328 e. The molecule has 0 aliphatic carbocycles. The third-order valence-electron chi connectivity index (χ3n) is 4.70. The van der Waals surface area contributed by atoms with Gasteiger partial charge in [-0.2, -0.15) is 0 Å². The van der Waals surface area contributed by atoms with Crippen LogP contribution in [0.25, 0.3) is 28.0 Å². The van der Waals surface area contributed by atoms with Gasteiger partial charge in [0.2, 0.25) is 0 Å². The van der Waals surface area contributed by atoms with Crippen LogP contribution in [0.5, 0.6) is 0 Å². The molecule has 0 atom stereocenters. The fourth-order valence-corrected chi connectivity index (χ4v) is 3.62. The molecule has 0 fully saturated rings. The molecule has 5 nitrogen and oxygen atoms in total. The van der Waals surface area contributed by atoms with Crippen molar-refractivity contribution in [1.29, 1.82) is 0 Å². The smallest absolute Gasteiger partial charge is 0.328 e. The summed E-state index contributed by atoms with van der Waals surface area (Å²) in [6.45, 7) is 4.87. The van der Waals surface area contributed by atoms with E-state index in [4.69, 9.17) is 22.4 Å². The van der Waals surface area contributed by atoms with Crippen molar-refractivity contribution >= 4 is 46.8 Å². The van der Waals surface area contributed by atoms with Crippen LogP contribution in [0.3, 0.4) is 0 Å². The zero-order valence-electron chi connectivity index (χ0n) is 16.8. The van der Waals surface area contributed by atoms with Crippen molar-refractivity contribution in [3.8, 4) is 11.1 Å². The topological polar surface area (TPSA) is 85.3 Å². The Bertz CT molecular complexity index is 1150. The number of nitrogens with two attached hydrogens (primary N) is 1. The normalized spacial score (nSPS) is 11.2. The minimum atomic E-state index is -1.03. The quantitative estimate of drug-likeness (QED) is 0.524. The van der Waals surface area contributed by atoms with Crippen molar-refractivity contribution in [2.75, 3.05) is 0 Å². The molecule has 30 heavy (non-hydrogen) atoms. The van der Waals surface area contributed by atoms with Gasteiger partial charge in [0.05, 0.1) is 0 Å². The van der Waals surface area contributed by atoms with E-state index >= 15 is 0 Å². The number of carboxylic acid groups (broad SMARTS) is 1. The minimum Gasteiger partial charge on any atom is -0.478 e. The third-order valence-corrected chi connectivity index (χ3v) is 4.95. The van der Waals surface area contributed by atoms with Crippen LogP contribution in [0.1, 0.15) is 25.1 Å². The average Bonchev–Trinajstić information content (AvgIpc) is 2.68. The van der Waals surface area contributed by atoms with Crippen LogP contribution < -0.4 is 11.3 Å². The number of rotatable bonds is 6. The first-order valence-electron chi connectivity index (χ1n) is 9.38. The molecule has 0 amide bonds. The van der Waals surface area contributed by atoms with E-state index in [0.29, 0.717) is 22.5 Å². The molecule has 0 aliphatic heterocycles.